The van der Waals surface area contributed by atoms with Gasteiger partial charge in [-0.2, -0.15) is 0 Å². The van der Waals surface area contributed by atoms with Gasteiger partial charge in [0.15, 0.2) is 0 Å². The molecule has 0 aliphatic carbocycles. The van der Waals surface area contributed by atoms with Crippen molar-refractivity contribution in [1.82, 2.24) is 0 Å². The summed E-state index contributed by atoms with van der Waals surface area (Å²) in [5, 5.41) is 16.4. The molecule has 0 amide bonds. The van der Waals surface area contributed by atoms with Crippen LogP contribution >= 0.6 is 0 Å². The van der Waals surface area contributed by atoms with Gasteiger partial charge in [-0.25, -0.2) is 0 Å². The van der Waals surface area contributed by atoms with Crippen molar-refractivity contribution in [2.24, 2.45) is 5.92 Å². The predicted molar refractivity (Wildman–Crippen MR) is 115 cm³/mol. The number of rotatable bonds is 10. The van der Waals surface area contributed by atoms with Crippen LogP contribution in [0.1, 0.15) is 75.8 Å². The van der Waals surface area contributed by atoms with Gasteiger partial charge in [-0.1, -0.05) is 56.0 Å². The van der Waals surface area contributed by atoms with E-state index in [0.717, 1.165) is 25.0 Å². The van der Waals surface area contributed by atoms with Gasteiger partial charge in [-0.3, -0.25) is 4.79 Å². The van der Waals surface area contributed by atoms with E-state index in [1.54, 1.807) is 0 Å². The minimum absolute atomic E-state index is 0.227. The van der Waals surface area contributed by atoms with E-state index >= 15 is 0 Å². The Kier molecular flexibility index (Phi) is 12.5. The monoisotopic (exact) mass is 390 g/mol. The summed E-state index contributed by atoms with van der Waals surface area (Å²) in [5.41, 5.74) is 3.85. The number of hydrogen-bond donors (Lipinski definition) is 2. The van der Waals surface area contributed by atoms with Gasteiger partial charge in [0.2, 0.25) is 0 Å². The first-order chi connectivity index (χ1) is 13.5. The molecule has 3 atom stereocenters. The van der Waals surface area contributed by atoms with Crippen LogP contribution in [0.5, 0.6) is 0 Å². The second-order valence-electron chi connectivity index (χ2n) is 7.99. The summed E-state index contributed by atoms with van der Waals surface area (Å²) in [5.74, 6) is 0.825. The number of ether oxygens (including phenoxy) is 1. The van der Waals surface area contributed by atoms with Crippen LogP contribution in [0.25, 0.3) is 0 Å². The lowest BCUT2D eigenvalue weighted by Crippen LogP contribution is -2.24. The van der Waals surface area contributed by atoms with E-state index in [2.05, 4.69) is 37.8 Å². The molecule has 0 bridgehead atoms. The summed E-state index contributed by atoms with van der Waals surface area (Å²) in [4.78, 5) is 8.36. The van der Waals surface area contributed by atoms with E-state index in [1.165, 1.54) is 49.7 Å². The van der Waals surface area contributed by atoms with E-state index in [9.17, 15) is 5.11 Å². The van der Waals surface area contributed by atoms with Crippen molar-refractivity contribution in [3.05, 3.63) is 47.5 Å². The molecule has 1 aromatic rings. The highest BCUT2D eigenvalue weighted by Gasteiger charge is 2.22. The van der Waals surface area contributed by atoms with Crippen LogP contribution in [0, 0.1) is 5.92 Å². The van der Waals surface area contributed by atoms with Crippen molar-refractivity contribution in [3.8, 4) is 0 Å². The summed E-state index contributed by atoms with van der Waals surface area (Å²) in [6.07, 6.45) is 9.87. The smallest absolute Gasteiger partial charge is 0.290 e. The van der Waals surface area contributed by atoms with Crippen molar-refractivity contribution < 1.29 is 19.7 Å². The number of unbranched alkanes of at least 4 members (excludes halogenated alkanes) is 2. The molecule has 28 heavy (non-hydrogen) atoms. The average Bonchev–Trinajstić information content (AvgIpc) is 2.69. The summed E-state index contributed by atoms with van der Waals surface area (Å²) >= 11 is 0. The first-order valence-electron chi connectivity index (χ1n) is 10.6. The average molecular weight is 391 g/mol. The molecule has 0 saturated carbocycles. The van der Waals surface area contributed by atoms with Crippen molar-refractivity contribution in [3.63, 3.8) is 0 Å². The molecule has 158 valence electrons. The Labute approximate surface area is 170 Å². The van der Waals surface area contributed by atoms with E-state index < -0.39 is 0 Å². The lowest BCUT2D eigenvalue weighted by atomic mass is 9.88. The SMILES string of the molecule is C=C(C)CC(CO)Cc1ccc(C2CCC(CCCCC)OC2)cc1.O=CO. The van der Waals surface area contributed by atoms with Crippen LogP contribution in [0.15, 0.2) is 36.4 Å². The largest absolute Gasteiger partial charge is 0.483 e. The first kappa shape index (κ1) is 24.4. The highest BCUT2D eigenvalue weighted by molar-refractivity contribution is 5.32. The molecule has 1 heterocycles. The summed E-state index contributed by atoms with van der Waals surface area (Å²) < 4.78 is 6.10. The fourth-order valence-corrected chi connectivity index (χ4v) is 3.87. The molecule has 4 nitrogen and oxygen atoms in total. The molecular formula is C24H38O4. The highest BCUT2D eigenvalue weighted by Crippen LogP contribution is 2.30. The second kappa shape index (κ2) is 14.4. The van der Waals surface area contributed by atoms with Gasteiger partial charge in [0.05, 0.1) is 12.7 Å². The van der Waals surface area contributed by atoms with Crippen LogP contribution in [-0.4, -0.2) is 36.0 Å². The number of aliphatic hydroxyl groups excluding tert-OH is 1. The van der Waals surface area contributed by atoms with Crippen molar-refractivity contribution in [1.29, 1.82) is 0 Å². The van der Waals surface area contributed by atoms with Gasteiger partial charge >= 0.3 is 0 Å². The van der Waals surface area contributed by atoms with Gasteiger partial charge in [0.25, 0.3) is 6.47 Å². The third kappa shape index (κ3) is 9.52. The molecule has 0 aromatic heterocycles. The topological polar surface area (TPSA) is 66.8 Å². The van der Waals surface area contributed by atoms with Crippen LogP contribution in [0.3, 0.4) is 0 Å². The third-order valence-electron chi connectivity index (χ3n) is 5.37. The molecule has 2 rings (SSSR count). The molecule has 1 fully saturated rings. The quantitative estimate of drug-likeness (QED) is 0.321. The van der Waals surface area contributed by atoms with Crippen molar-refractivity contribution in [2.75, 3.05) is 13.2 Å². The highest BCUT2D eigenvalue weighted by atomic mass is 16.5. The maximum atomic E-state index is 9.54. The molecule has 0 radical (unpaired) electrons. The predicted octanol–water partition coefficient (Wildman–Crippen LogP) is 5.35. The number of hydrogen-bond acceptors (Lipinski definition) is 3. The van der Waals surface area contributed by atoms with E-state index in [4.69, 9.17) is 14.6 Å². The summed E-state index contributed by atoms with van der Waals surface area (Å²) in [7, 11) is 0. The zero-order valence-corrected chi connectivity index (χ0v) is 17.6. The van der Waals surface area contributed by atoms with Gasteiger partial charge in [0.1, 0.15) is 0 Å². The number of carboxylic acid groups (broad SMARTS) is 1. The first-order valence-corrected chi connectivity index (χ1v) is 10.6. The number of aliphatic hydroxyl groups is 1. The third-order valence-corrected chi connectivity index (χ3v) is 5.37. The zero-order chi connectivity index (χ0) is 20.8. The Bertz CT molecular complexity index is 544. The fraction of sp³-hybridized carbons (Fsp3) is 0.625. The molecule has 1 aliphatic heterocycles. The number of carbonyl (C=O) groups is 1. The second-order valence-corrected chi connectivity index (χ2v) is 7.99. The lowest BCUT2D eigenvalue weighted by molar-refractivity contribution is -0.122. The van der Waals surface area contributed by atoms with Crippen LogP contribution in [0.4, 0.5) is 0 Å². The van der Waals surface area contributed by atoms with Crippen molar-refractivity contribution in [2.45, 2.75) is 77.2 Å². The fourth-order valence-electron chi connectivity index (χ4n) is 3.87. The van der Waals surface area contributed by atoms with E-state index in [0.29, 0.717) is 12.0 Å². The van der Waals surface area contributed by atoms with E-state index in [1.807, 2.05) is 6.92 Å². The molecule has 4 heteroatoms. The van der Waals surface area contributed by atoms with Gasteiger partial charge in [-0.15, -0.1) is 6.58 Å². The Morgan fingerprint density at radius 1 is 1.29 bits per heavy atom. The van der Waals surface area contributed by atoms with Crippen LogP contribution in [0.2, 0.25) is 0 Å². The van der Waals surface area contributed by atoms with Gasteiger partial charge in [-0.05, 0) is 56.1 Å². The minimum Gasteiger partial charge on any atom is -0.483 e. The number of allylic oxidation sites excluding steroid dienone is 1. The number of benzene rings is 1. The zero-order valence-electron chi connectivity index (χ0n) is 17.6. The molecule has 1 saturated heterocycles. The maximum Gasteiger partial charge on any atom is 0.290 e. The molecule has 2 N–H and O–H groups in total. The molecule has 3 unspecified atom stereocenters. The molecule has 0 spiro atoms. The van der Waals surface area contributed by atoms with Crippen LogP contribution in [-0.2, 0) is 16.0 Å². The standard InChI is InChI=1S/C23H36O2.CH2O2/c1-4-5-6-7-23-13-12-22(17-25-23)21-10-8-19(9-11-21)15-20(16-24)14-18(2)3;2-1-3/h8-11,20,22-24H,2,4-7,12-17H2,1,3H3;1H,(H,2,3). The lowest BCUT2D eigenvalue weighted by Gasteiger charge is -2.29. The summed E-state index contributed by atoms with van der Waals surface area (Å²) in [6.45, 7) is 9.09. The Morgan fingerprint density at radius 2 is 1.96 bits per heavy atom. The molecule has 1 aliphatic rings. The Balaban J connectivity index is 0.00000122. The molecular weight excluding hydrogens is 352 g/mol. The minimum atomic E-state index is -0.250. The normalized spacial score (nSPS) is 20.0. The van der Waals surface area contributed by atoms with E-state index in [-0.39, 0.29) is 19.0 Å². The Morgan fingerprint density at radius 3 is 2.46 bits per heavy atom. The Hall–Kier alpha value is -1.65. The summed E-state index contributed by atoms with van der Waals surface area (Å²) in [6, 6.07) is 8.97. The van der Waals surface area contributed by atoms with Crippen LogP contribution < -0.4 is 0 Å². The maximum absolute atomic E-state index is 9.54. The van der Waals surface area contributed by atoms with Gasteiger partial charge < -0.3 is 14.9 Å². The van der Waals surface area contributed by atoms with Crippen molar-refractivity contribution >= 4 is 6.47 Å². The molecule has 1 aromatic carbocycles. The van der Waals surface area contributed by atoms with Gasteiger partial charge in [0, 0.05) is 12.5 Å².